The Morgan fingerprint density at radius 2 is 1.10 bits per heavy atom. The predicted octanol–water partition coefficient (Wildman–Crippen LogP) is 8.60. The summed E-state index contributed by atoms with van der Waals surface area (Å²) in [5, 5.41) is 44.2. The Bertz CT molecular complexity index is 1530. The zero-order chi connectivity index (χ0) is 41.4. The number of hydrogen-bond acceptors (Lipinski definition) is 7. The van der Waals surface area contributed by atoms with Gasteiger partial charge in [-0.15, -0.1) is 0 Å². The van der Waals surface area contributed by atoms with E-state index in [9.17, 15) is 33.4 Å². The van der Waals surface area contributed by atoms with Crippen LogP contribution in [0.25, 0.3) is 0 Å². The molecular weight excluding hydrogens is 747 g/mol. The van der Waals surface area contributed by atoms with Gasteiger partial charge in [-0.1, -0.05) is 34.6 Å². The van der Waals surface area contributed by atoms with E-state index in [4.69, 9.17) is 0 Å². The molecule has 0 aromatic carbocycles. The van der Waals surface area contributed by atoms with Gasteiger partial charge in [0.25, 0.3) is 10.1 Å². The average molecular weight is 832 g/mol. The summed E-state index contributed by atoms with van der Waals surface area (Å²) in [5.41, 5.74) is 0.771. The quantitative estimate of drug-likeness (QED) is 0.116. The second-order valence-electron chi connectivity index (χ2n) is 23.6. The van der Waals surface area contributed by atoms with Crippen LogP contribution in [0.5, 0.6) is 0 Å². The molecule has 0 bridgehead atoms. The smallest absolute Gasteiger partial charge is 0.266 e. The topological polar surface area (TPSA) is 139 Å². The molecule has 8 aliphatic rings. The normalized spacial score (nSPS) is 49.9. The lowest BCUT2D eigenvalue weighted by molar-refractivity contribution is -0.174. The van der Waals surface area contributed by atoms with E-state index in [2.05, 4.69) is 39.5 Å². The van der Waals surface area contributed by atoms with Crippen molar-refractivity contribution in [2.45, 2.75) is 187 Å². The van der Waals surface area contributed by atoms with E-state index in [1.807, 2.05) is 0 Å². The Balaban J connectivity index is 0.832. The summed E-state index contributed by atoms with van der Waals surface area (Å²) in [6, 6.07) is 0. The fraction of sp³-hybridized carbons (Fsp3) is 1.00. The third kappa shape index (κ3) is 8.19. The maximum Gasteiger partial charge on any atom is 0.266 e. The van der Waals surface area contributed by atoms with Crippen LogP contribution in [0.15, 0.2) is 0 Å². The van der Waals surface area contributed by atoms with Crippen molar-refractivity contribution in [2.75, 3.05) is 25.4 Å². The molecule has 0 saturated heterocycles. The molecule has 0 aromatic rings. The van der Waals surface area contributed by atoms with Crippen LogP contribution < -0.4 is 0 Å². The standard InChI is InChI=1S/C49H85NO7S/c1-30(36-10-11-38-37(36)12-13-40-45(38)43(53)28-32-26-34(51)16-19-47(32,40)3)8-6-22-50(24-25-58(55,56)57)23-7-9-31(2)39-14-15-41-46-42(18-21-49(39,41)5)48(4)20-17-35(52)27-33(48)29-44(46)54/h30-46,51-54H,6-29H2,1-5H3,(H,55,56,57)/t30-,31-,32?,33?,34-,35-,36-,37?,38?,39-,40+,41?,42+,43+,44+,45+,46+,47+,48+,49-/m1/s1. The molecule has 5 N–H and O–H groups in total. The largest absolute Gasteiger partial charge is 0.393 e. The highest BCUT2D eigenvalue weighted by molar-refractivity contribution is 7.85. The molecule has 5 unspecified atom stereocenters. The first-order chi connectivity index (χ1) is 27.4. The molecule has 0 amide bonds. The third-order valence-corrected chi connectivity index (χ3v) is 21.8. The number of rotatable bonds is 13. The molecule has 20 atom stereocenters. The Morgan fingerprint density at radius 3 is 1.72 bits per heavy atom. The Morgan fingerprint density at radius 1 is 0.586 bits per heavy atom. The average Bonchev–Trinajstić information content (AvgIpc) is 3.76. The summed E-state index contributed by atoms with van der Waals surface area (Å²) in [5.74, 6) is 7.09. The van der Waals surface area contributed by atoms with Gasteiger partial charge in [0.1, 0.15) is 0 Å². The SMILES string of the molecule is C[C@H](CCCN(CCC[C@@H](C)[C@H]1CCC2C1CC[C@H]1[C@H]2[C@@H](O)CC2C[C@H](O)CC[C@@]21C)CCS(=O)(=O)O)[C@H]1CCC2[C@@H]3[C@@H](O)CC4C[C@H](O)CC[C@]4(C)[C@H]3CC[C@@]21C. The summed E-state index contributed by atoms with van der Waals surface area (Å²) in [6.07, 6.45) is 20.9. The molecule has 0 heterocycles. The first-order valence-electron chi connectivity index (χ1n) is 24.8. The molecule has 8 nitrogen and oxygen atoms in total. The van der Waals surface area contributed by atoms with Crippen molar-refractivity contribution < 1.29 is 33.4 Å². The van der Waals surface area contributed by atoms with Gasteiger partial charge in [-0.25, -0.2) is 0 Å². The lowest BCUT2D eigenvalue weighted by atomic mass is 9.43. The zero-order valence-corrected chi connectivity index (χ0v) is 38.0. The lowest BCUT2D eigenvalue weighted by Crippen LogP contribution is -2.58. The zero-order valence-electron chi connectivity index (χ0n) is 37.2. The van der Waals surface area contributed by atoms with Gasteiger partial charge in [0.05, 0.1) is 30.2 Å². The molecule has 0 spiro atoms. The number of fused-ring (bicyclic) bond motifs is 10. The van der Waals surface area contributed by atoms with Crippen LogP contribution in [-0.2, 0) is 10.1 Å². The molecule has 8 aliphatic carbocycles. The minimum Gasteiger partial charge on any atom is -0.393 e. The molecule has 0 aliphatic heterocycles. The molecular formula is C49H85NO7S. The summed E-state index contributed by atoms with van der Waals surface area (Å²) < 4.78 is 33.5. The second-order valence-corrected chi connectivity index (χ2v) is 25.2. The summed E-state index contributed by atoms with van der Waals surface area (Å²) in [4.78, 5) is 2.31. The Hall–Kier alpha value is -0.290. The molecule has 8 rings (SSSR count). The van der Waals surface area contributed by atoms with E-state index in [0.717, 1.165) is 90.1 Å². The van der Waals surface area contributed by atoms with E-state index >= 15 is 0 Å². The molecule has 8 fully saturated rings. The van der Waals surface area contributed by atoms with Crippen molar-refractivity contribution in [1.29, 1.82) is 0 Å². The maximum atomic E-state index is 11.9. The van der Waals surface area contributed by atoms with Gasteiger partial charge < -0.3 is 25.3 Å². The van der Waals surface area contributed by atoms with E-state index in [0.29, 0.717) is 83.5 Å². The van der Waals surface area contributed by atoms with Gasteiger partial charge in [-0.3, -0.25) is 4.55 Å². The van der Waals surface area contributed by atoms with Gasteiger partial charge in [0.2, 0.25) is 0 Å². The highest BCUT2D eigenvalue weighted by Gasteiger charge is 2.63. The maximum absolute atomic E-state index is 11.9. The molecule has 8 saturated carbocycles. The van der Waals surface area contributed by atoms with Crippen molar-refractivity contribution in [3.05, 3.63) is 0 Å². The fourth-order valence-electron chi connectivity index (χ4n) is 18.1. The summed E-state index contributed by atoms with van der Waals surface area (Å²) >= 11 is 0. The number of aliphatic hydroxyl groups is 4. The Kier molecular flexibility index (Phi) is 13.0. The van der Waals surface area contributed by atoms with E-state index in [-0.39, 0.29) is 46.4 Å². The monoisotopic (exact) mass is 832 g/mol. The van der Waals surface area contributed by atoms with Crippen molar-refractivity contribution in [2.24, 2.45) is 93.2 Å². The molecule has 0 aromatic heterocycles. The van der Waals surface area contributed by atoms with Crippen LogP contribution in [0.4, 0.5) is 0 Å². The lowest BCUT2D eigenvalue weighted by Gasteiger charge is -2.62. The van der Waals surface area contributed by atoms with Crippen LogP contribution in [0.1, 0.15) is 163 Å². The molecule has 9 heteroatoms. The summed E-state index contributed by atoms with van der Waals surface area (Å²) in [6.45, 7) is 14.6. The van der Waals surface area contributed by atoms with Crippen LogP contribution >= 0.6 is 0 Å². The van der Waals surface area contributed by atoms with Crippen LogP contribution in [-0.4, -0.2) is 88.1 Å². The van der Waals surface area contributed by atoms with Gasteiger partial charge in [-0.2, -0.15) is 8.42 Å². The third-order valence-electron chi connectivity index (χ3n) is 21.1. The fourth-order valence-corrected chi connectivity index (χ4v) is 18.6. The van der Waals surface area contributed by atoms with Crippen LogP contribution in [0.2, 0.25) is 0 Å². The van der Waals surface area contributed by atoms with Gasteiger partial charge in [0.15, 0.2) is 0 Å². The summed E-state index contributed by atoms with van der Waals surface area (Å²) in [7, 11) is -4.03. The minimum atomic E-state index is -4.03. The molecule has 58 heavy (non-hydrogen) atoms. The Labute approximate surface area is 353 Å². The van der Waals surface area contributed by atoms with Crippen molar-refractivity contribution in [3.8, 4) is 0 Å². The van der Waals surface area contributed by atoms with Crippen molar-refractivity contribution in [3.63, 3.8) is 0 Å². The predicted molar refractivity (Wildman–Crippen MR) is 230 cm³/mol. The van der Waals surface area contributed by atoms with Gasteiger partial charge in [-0.05, 0) is 235 Å². The highest BCUT2D eigenvalue weighted by Crippen LogP contribution is 2.69. The number of nitrogens with zero attached hydrogens (tertiary/aromatic N) is 1. The van der Waals surface area contributed by atoms with Gasteiger partial charge in [0, 0.05) is 6.54 Å². The van der Waals surface area contributed by atoms with Crippen LogP contribution in [0, 0.1) is 93.2 Å². The van der Waals surface area contributed by atoms with Crippen molar-refractivity contribution >= 4 is 10.1 Å². The van der Waals surface area contributed by atoms with Crippen LogP contribution in [0.3, 0.4) is 0 Å². The van der Waals surface area contributed by atoms with E-state index in [1.165, 1.54) is 51.4 Å². The number of hydrogen-bond donors (Lipinski definition) is 5. The second kappa shape index (κ2) is 17.0. The van der Waals surface area contributed by atoms with Crippen molar-refractivity contribution in [1.82, 2.24) is 4.90 Å². The molecule has 334 valence electrons. The first kappa shape index (κ1) is 44.3. The van der Waals surface area contributed by atoms with Gasteiger partial charge >= 0.3 is 0 Å². The van der Waals surface area contributed by atoms with E-state index < -0.39 is 10.1 Å². The number of aliphatic hydroxyl groups excluding tert-OH is 4. The van der Waals surface area contributed by atoms with E-state index in [1.54, 1.807) is 0 Å². The minimum absolute atomic E-state index is 0.194. The highest BCUT2D eigenvalue weighted by atomic mass is 32.2. The first-order valence-corrected chi connectivity index (χ1v) is 26.4. The molecule has 0 radical (unpaired) electrons.